The topological polar surface area (TPSA) is 82.2 Å². The molecule has 4 rings (SSSR count). The lowest BCUT2D eigenvalue weighted by Gasteiger charge is -2.34. The van der Waals surface area contributed by atoms with E-state index in [0.717, 1.165) is 57.5 Å². The van der Waals surface area contributed by atoms with Crippen LogP contribution in [0.3, 0.4) is 0 Å². The van der Waals surface area contributed by atoms with E-state index in [-0.39, 0.29) is 42.4 Å². The van der Waals surface area contributed by atoms with Crippen molar-refractivity contribution >= 4 is 23.7 Å². The first kappa shape index (κ1) is 25.8. The molecule has 3 saturated heterocycles. The van der Waals surface area contributed by atoms with Crippen molar-refractivity contribution in [2.75, 3.05) is 57.8 Å². The largest absolute Gasteiger partial charge is 0.369 e. The number of carbonyl (C=O) groups is 3. The lowest BCUT2D eigenvalue weighted by molar-refractivity contribution is -0.121. The van der Waals surface area contributed by atoms with E-state index < -0.39 is 0 Å². The number of Topliss-reactive ketones (excluding diaryl/α,β-unsaturated/α-hetero) is 1. The molecule has 35 heavy (non-hydrogen) atoms. The van der Waals surface area contributed by atoms with E-state index in [2.05, 4.69) is 34.0 Å². The van der Waals surface area contributed by atoms with E-state index >= 15 is 0 Å². The summed E-state index contributed by atoms with van der Waals surface area (Å²) in [4.78, 5) is 43.9. The van der Waals surface area contributed by atoms with Crippen molar-refractivity contribution in [3.63, 3.8) is 0 Å². The van der Waals surface area contributed by atoms with Gasteiger partial charge in [0.1, 0.15) is 12.9 Å². The molecule has 0 spiro atoms. The zero-order valence-corrected chi connectivity index (χ0v) is 21.3. The Morgan fingerprint density at radius 2 is 1.91 bits per heavy atom. The van der Waals surface area contributed by atoms with Crippen LogP contribution in [-0.4, -0.2) is 98.9 Å². The first-order valence-corrected chi connectivity index (χ1v) is 13.1. The highest BCUT2D eigenvalue weighted by Crippen LogP contribution is 2.34. The van der Waals surface area contributed by atoms with Crippen molar-refractivity contribution in [3.05, 3.63) is 29.8 Å². The van der Waals surface area contributed by atoms with Crippen LogP contribution in [-0.2, 0) is 14.3 Å². The van der Waals surface area contributed by atoms with E-state index in [4.69, 9.17) is 4.74 Å². The van der Waals surface area contributed by atoms with Gasteiger partial charge in [0.2, 0.25) is 0 Å². The number of piperazine rings is 1. The van der Waals surface area contributed by atoms with Crippen LogP contribution < -0.4 is 10.2 Å². The van der Waals surface area contributed by atoms with E-state index in [9.17, 15) is 14.4 Å². The average molecular weight is 485 g/mol. The predicted octanol–water partition coefficient (Wildman–Crippen LogP) is 1.83. The first-order chi connectivity index (χ1) is 16.9. The van der Waals surface area contributed by atoms with Gasteiger partial charge in [-0.05, 0) is 49.6 Å². The molecule has 0 saturated carbocycles. The van der Waals surface area contributed by atoms with E-state index in [1.165, 1.54) is 0 Å². The Kier molecular flexibility index (Phi) is 8.57. The number of likely N-dealkylation sites (tertiary alicyclic amines) is 1. The van der Waals surface area contributed by atoms with Crippen molar-refractivity contribution in [1.82, 2.24) is 15.1 Å². The molecule has 3 aliphatic rings. The van der Waals surface area contributed by atoms with Gasteiger partial charge in [0, 0.05) is 63.0 Å². The molecule has 192 valence electrons. The second-order valence-corrected chi connectivity index (χ2v) is 10.5. The third-order valence-electron chi connectivity index (χ3n) is 7.95. The van der Waals surface area contributed by atoms with Gasteiger partial charge in [-0.25, -0.2) is 0 Å². The second kappa shape index (κ2) is 11.6. The van der Waals surface area contributed by atoms with Crippen LogP contribution in [0.15, 0.2) is 24.3 Å². The number of fused-ring (bicyclic) bond motifs is 1. The molecule has 3 fully saturated rings. The molecule has 8 heteroatoms. The van der Waals surface area contributed by atoms with Crippen LogP contribution in [0.4, 0.5) is 5.69 Å². The minimum absolute atomic E-state index is 0.0397. The summed E-state index contributed by atoms with van der Waals surface area (Å²) in [5, 5.41) is 3.18. The maximum atomic E-state index is 13.2. The molecule has 3 heterocycles. The number of ether oxygens (including phenoxy) is 1. The number of hydrogen-bond donors (Lipinski definition) is 1. The van der Waals surface area contributed by atoms with Crippen molar-refractivity contribution in [1.29, 1.82) is 0 Å². The Labute approximate surface area is 209 Å². The van der Waals surface area contributed by atoms with Crippen LogP contribution in [0, 0.1) is 11.8 Å². The number of carbonyl (C=O) groups excluding carboxylic acids is 3. The Hall–Kier alpha value is -2.29. The van der Waals surface area contributed by atoms with Gasteiger partial charge in [-0.1, -0.05) is 20.3 Å². The molecule has 1 aromatic rings. The molecule has 0 aromatic heterocycles. The average Bonchev–Trinajstić information content (AvgIpc) is 3.40. The van der Waals surface area contributed by atoms with Gasteiger partial charge in [-0.15, -0.1) is 0 Å². The van der Waals surface area contributed by atoms with Crippen LogP contribution in [0.1, 0.15) is 43.5 Å². The molecule has 1 amide bonds. The SMILES string of the molecule is CCC[C@@H]1CN(C[C@@H](NC(=O)c2ccc(N3CCN(C)CC3)cc2)[C@H](C)CC=O)[C@@H]2C(=O)CO[C@H]12. The van der Waals surface area contributed by atoms with Gasteiger partial charge in [0.15, 0.2) is 5.78 Å². The van der Waals surface area contributed by atoms with Gasteiger partial charge >= 0.3 is 0 Å². The third kappa shape index (κ3) is 5.93. The molecule has 1 aromatic carbocycles. The van der Waals surface area contributed by atoms with Crippen LogP contribution in [0.25, 0.3) is 0 Å². The highest BCUT2D eigenvalue weighted by Gasteiger charge is 2.50. The normalized spacial score (nSPS) is 27.0. The summed E-state index contributed by atoms with van der Waals surface area (Å²) in [6.07, 6.45) is 3.28. The molecule has 0 bridgehead atoms. The van der Waals surface area contributed by atoms with E-state index in [1.807, 2.05) is 31.2 Å². The lowest BCUT2D eigenvalue weighted by Crippen LogP contribution is -2.50. The van der Waals surface area contributed by atoms with E-state index in [1.54, 1.807) is 0 Å². The summed E-state index contributed by atoms with van der Waals surface area (Å²) in [6, 6.07) is 7.30. The maximum absolute atomic E-state index is 13.2. The van der Waals surface area contributed by atoms with Crippen LogP contribution in [0.5, 0.6) is 0 Å². The molecule has 0 radical (unpaired) electrons. The predicted molar refractivity (Wildman–Crippen MR) is 136 cm³/mol. The maximum Gasteiger partial charge on any atom is 0.251 e. The van der Waals surface area contributed by atoms with Crippen molar-refractivity contribution < 1.29 is 19.1 Å². The smallest absolute Gasteiger partial charge is 0.251 e. The number of ketones is 1. The number of hydrogen-bond acceptors (Lipinski definition) is 7. The monoisotopic (exact) mass is 484 g/mol. The first-order valence-electron chi connectivity index (χ1n) is 13.1. The number of anilines is 1. The van der Waals surface area contributed by atoms with Gasteiger partial charge in [-0.2, -0.15) is 0 Å². The summed E-state index contributed by atoms with van der Waals surface area (Å²) >= 11 is 0. The molecular formula is C27H40N4O4. The highest BCUT2D eigenvalue weighted by molar-refractivity contribution is 5.94. The molecule has 0 unspecified atom stereocenters. The number of amides is 1. The molecule has 1 N–H and O–H groups in total. The van der Waals surface area contributed by atoms with Crippen molar-refractivity contribution in [3.8, 4) is 0 Å². The minimum Gasteiger partial charge on any atom is -0.369 e. The summed E-state index contributed by atoms with van der Waals surface area (Å²) in [7, 11) is 2.13. The van der Waals surface area contributed by atoms with Gasteiger partial charge in [0.25, 0.3) is 5.91 Å². The standard InChI is InChI=1S/C27H40N4O4/c1-4-5-21-16-31(25-24(33)18-35-26(21)25)17-23(19(2)10-15-32)28-27(34)20-6-8-22(9-7-20)30-13-11-29(3)12-14-30/h6-9,15,19,21,23,25-26H,4-5,10-14,16-18H2,1-3H3,(H,28,34)/t19-,21-,23-,25-,26-/m1/s1. The Morgan fingerprint density at radius 3 is 2.57 bits per heavy atom. The van der Waals surface area contributed by atoms with Crippen LogP contribution in [0.2, 0.25) is 0 Å². The third-order valence-corrected chi connectivity index (χ3v) is 7.95. The Morgan fingerprint density at radius 1 is 1.20 bits per heavy atom. The number of nitrogens with one attached hydrogen (secondary N) is 1. The molecular weight excluding hydrogens is 444 g/mol. The number of likely N-dealkylation sites (N-methyl/N-ethyl adjacent to an activating group) is 1. The van der Waals surface area contributed by atoms with Crippen molar-refractivity contribution in [2.24, 2.45) is 11.8 Å². The minimum atomic E-state index is -0.239. The fourth-order valence-corrected chi connectivity index (χ4v) is 5.75. The molecule has 3 aliphatic heterocycles. The summed E-state index contributed by atoms with van der Waals surface area (Å²) < 4.78 is 5.85. The fourth-order valence-electron chi connectivity index (χ4n) is 5.75. The lowest BCUT2D eigenvalue weighted by atomic mass is 9.96. The van der Waals surface area contributed by atoms with Gasteiger partial charge < -0.3 is 24.6 Å². The molecule has 0 aliphatic carbocycles. The molecule has 8 nitrogen and oxygen atoms in total. The summed E-state index contributed by atoms with van der Waals surface area (Å²) in [5.41, 5.74) is 1.74. The Balaban J connectivity index is 1.43. The Bertz CT molecular complexity index is 884. The second-order valence-electron chi connectivity index (χ2n) is 10.5. The summed E-state index contributed by atoms with van der Waals surface area (Å²) in [6.45, 7) is 9.66. The number of rotatable bonds is 10. The van der Waals surface area contributed by atoms with Gasteiger partial charge in [-0.3, -0.25) is 14.5 Å². The van der Waals surface area contributed by atoms with Crippen molar-refractivity contribution in [2.45, 2.75) is 51.3 Å². The fraction of sp³-hybridized carbons (Fsp3) is 0.667. The van der Waals surface area contributed by atoms with Gasteiger partial charge in [0.05, 0.1) is 12.1 Å². The van der Waals surface area contributed by atoms with E-state index in [0.29, 0.717) is 24.4 Å². The zero-order valence-electron chi connectivity index (χ0n) is 21.3. The number of nitrogens with zero attached hydrogens (tertiary/aromatic N) is 3. The highest BCUT2D eigenvalue weighted by atomic mass is 16.5. The number of benzene rings is 1. The molecule has 5 atom stereocenters. The number of aldehydes is 1. The summed E-state index contributed by atoms with van der Waals surface area (Å²) in [5.74, 6) is 0.271. The quantitative estimate of drug-likeness (QED) is 0.508. The van der Waals surface area contributed by atoms with Crippen LogP contribution >= 0.6 is 0 Å². The zero-order chi connectivity index (χ0) is 24.9.